The van der Waals surface area contributed by atoms with E-state index in [1.807, 2.05) is 45.0 Å². The number of halogens is 1. The van der Waals surface area contributed by atoms with Gasteiger partial charge in [0, 0.05) is 42.3 Å². The van der Waals surface area contributed by atoms with Crippen molar-refractivity contribution in [1.82, 2.24) is 19.8 Å². The SMILES string of the molecule is CC(C)N1Cc2c(nc(NCCN(C)C)nc2N2CCCC2Cc2ccc(Cl)cc2)C1=O. The van der Waals surface area contributed by atoms with Gasteiger partial charge in [-0.15, -0.1) is 0 Å². The fourth-order valence-corrected chi connectivity index (χ4v) is 4.64. The Morgan fingerprint density at radius 1 is 1.22 bits per heavy atom. The lowest BCUT2D eigenvalue weighted by Crippen LogP contribution is -2.33. The lowest BCUT2D eigenvalue weighted by atomic mass is 10.0. The Balaban J connectivity index is 1.65. The van der Waals surface area contributed by atoms with E-state index in [0.717, 1.165) is 55.3 Å². The van der Waals surface area contributed by atoms with Crippen LogP contribution < -0.4 is 10.2 Å². The zero-order valence-electron chi connectivity index (χ0n) is 19.4. The Kier molecular flexibility index (Phi) is 6.86. The Hall–Kier alpha value is -2.38. The minimum Gasteiger partial charge on any atom is -0.353 e. The van der Waals surface area contributed by atoms with E-state index in [4.69, 9.17) is 16.6 Å². The highest BCUT2D eigenvalue weighted by atomic mass is 35.5. The molecule has 8 heteroatoms. The molecule has 32 heavy (non-hydrogen) atoms. The van der Waals surface area contributed by atoms with Gasteiger partial charge >= 0.3 is 0 Å². The molecule has 1 fully saturated rings. The number of likely N-dealkylation sites (N-methyl/N-ethyl adjacent to an activating group) is 1. The number of amides is 1. The summed E-state index contributed by atoms with van der Waals surface area (Å²) in [6.45, 7) is 7.20. The quantitative estimate of drug-likeness (QED) is 0.653. The number of rotatable bonds is 8. The molecule has 1 N–H and O–H groups in total. The molecule has 2 aliphatic rings. The highest BCUT2D eigenvalue weighted by molar-refractivity contribution is 6.30. The van der Waals surface area contributed by atoms with Crippen LogP contribution in [0, 0.1) is 0 Å². The van der Waals surface area contributed by atoms with E-state index in [0.29, 0.717) is 24.2 Å². The average Bonchev–Trinajstić information content (AvgIpc) is 3.34. The van der Waals surface area contributed by atoms with Crippen LogP contribution in [0.4, 0.5) is 11.8 Å². The average molecular weight is 457 g/mol. The summed E-state index contributed by atoms with van der Waals surface area (Å²) in [4.78, 5) is 29.1. The molecule has 172 valence electrons. The van der Waals surface area contributed by atoms with Crippen molar-refractivity contribution in [2.75, 3.05) is 43.9 Å². The van der Waals surface area contributed by atoms with Gasteiger partial charge < -0.3 is 20.0 Å². The largest absolute Gasteiger partial charge is 0.353 e. The number of nitrogens with one attached hydrogen (secondary N) is 1. The first-order chi connectivity index (χ1) is 15.3. The standard InChI is InChI=1S/C24H33ClN6O/c1-16(2)31-15-20-21(23(31)32)27-24(26-11-13-29(3)4)28-22(20)30-12-5-6-19(30)14-17-7-9-18(25)10-8-17/h7-10,16,19H,5-6,11-15H2,1-4H3,(H,26,27,28). The van der Waals surface area contributed by atoms with Crippen LogP contribution in [-0.2, 0) is 13.0 Å². The van der Waals surface area contributed by atoms with Gasteiger partial charge in [-0.3, -0.25) is 4.79 Å². The van der Waals surface area contributed by atoms with Crippen molar-refractivity contribution in [1.29, 1.82) is 0 Å². The topological polar surface area (TPSA) is 64.6 Å². The first-order valence-electron chi connectivity index (χ1n) is 11.4. The fraction of sp³-hybridized carbons (Fsp3) is 0.542. The van der Waals surface area contributed by atoms with Gasteiger partial charge in [0.2, 0.25) is 5.95 Å². The predicted octanol–water partition coefficient (Wildman–Crippen LogP) is 3.68. The Morgan fingerprint density at radius 3 is 2.66 bits per heavy atom. The van der Waals surface area contributed by atoms with Gasteiger partial charge in [0.25, 0.3) is 5.91 Å². The second kappa shape index (κ2) is 9.63. The third-order valence-electron chi connectivity index (χ3n) is 6.28. The van der Waals surface area contributed by atoms with E-state index in [9.17, 15) is 4.79 Å². The van der Waals surface area contributed by atoms with E-state index in [1.54, 1.807) is 0 Å². The summed E-state index contributed by atoms with van der Waals surface area (Å²) in [7, 11) is 4.07. The maximum Gasteiger partial charge on any atom is 0.273 e. The van der Waals surface area contributed by atoms with Crippen LogP contribution in [0.1, 0.15) is 48.3 Å². The van der Waals surface area contributed by atoms with Gasteiger partial charge in [0.05, 0.1) is 6.54 Å². The number of anilines is 2. The zero-order valence-corrected chi connectivity index (χ0v) is 20.2. The van der Waals surface area contributed by atoms with E-state index in [2.05, 4.69) is 32.2 Å². The number of carbonyl (C=O) groups is 1. The molecule has 7 nitrogen and oxygen atoms in total. The number of nitrogens with zero attached hydrogens (tertiary/aromatic N) is 5. The number of carbonyl (C=O) groups excluding carboxylic acids is 1. The van der Waals surface area contributed by atoms with Crippen molar-refractivity contribution in [3.8, 4) is 0 Å². The molecule has 3 heterocycles. The number of hydrogen-bond acceptors (Lipinski definition) is 6. The molecule has 0 aliphatic carbocycles. The highest BCUT2D eigenvalue weighted by Crippen LogP contribution is 2.35. The summed E-state index contributed by atoms with van der Waals surface area (Å²) < 4.78 is 0. The van der Waals surface area contributed by atoms with Crippen LogP contribution in [0.5, 0.6) is 0 Å². The van der Waals surface area contributed by atoms with E-state index >= 15 is 0 Å². The molecular weight excluding hydrogens is 424 g/mol. The summed E-state index contributed by atoms with van der Waals surface area (Å²) in [6.07, 6.45) is 3.15. The van der Waals surface area contributed by atoms with Crippen molar-refractivity contribution in [3.63, 3.8) is 0 Å². The van der Waals surface area contributed by atoms with Crippen molar-refractivity contribution in [3.05, 3.63) is 46.1 Å². The van der Waals surface area contributed by atoms with E-state index < -0.39 is 0 Å². The van der Waals surface area contributed by atoms with Gasteiger partial charge in [-0.2, -0.15) is 4.98 Å². The molecule has 1 saturated heterocycles. The van der Waals surface area contributed by atoms with Gasteiger partial charge in [-0.25, -0.2) is 4.98 Å². The van der Waals surface area contributed by atoms with E-state index in [-0.39, 0.29) is 11.9 Å². The number of hydrogen-bond donors (Lipinski definition) is 1. The van der Waals surface area contributed by atoms with Crippen LogP contribution in [0.2, 0.25) is 5.02 Å². The Bertz CT molecular complexity index is 962. The van der Waals surface area contributed by atoms with Crippen molar-refractivity contribution < 1.29 is 4.79 Å². The highest BCUT2D eigenvalue weighted by Gasteiger charge is 2.37. The second-order valence-electron chi connectivity index (χ2n) is 9.27. The Morgan fingerprint density at radius 2 is 1.97 bits per heavy atom. The van der Waals surface area contributed by atoms with Crippen LogP contribution >= 0.6 is 11.6 Å². The minimum absolute atomic E-state index is 0.00255. The molecule has 4 rings (SSSR count). The molecule has 1 atom stereocenters. The molecule has 0 bridgehead atoms. The van der Waals surface area contributed by atoms with Crippen LogP contribution in [-0.4, -0.2) is 71.5 Å². The third-order valence-corrected chi connectivity index (χ3v) is 6.53. The van der Waals surface area contributed by atoms with Crippen molar-refractivity contribution >= 4 is 29.3 Å². The second-order valence-corrected chi connectivity index (χ2v) is 9.71. The zero-order chi connectivity index (χ0) is 22.8. The first-order valence-corrected chi connectivity index (χ1v) is 11.8. The van der Waals surface area contributed by atoms with E-state index in [1.165, 1.54) is 5.56 Å². The van der Waals surface area contributed by atoms with Crippen LogP contribution in [0.15, 0.2) is 24.3 Å². The molecule has 2 aromatic rings. The van der Waals surface area contributed by atoms with Gasteiger partial charge in [-0.05, 0) is 64.9 Å². The maximum absolute atomic E-state index is 13.1. The maximum atomic E-state index is 13.1. The molecule has 1 aromatic carbocycles. The van der Waals surface area contributed by atoms with Gasteiger partial charge in [-0.1, -0.05) is 23.7 Å². The number of aromatic nitrogens is 2. The summed E-state index contributed by atoms with van der Waals surface area (Å²) in [6, 6.07) is 8.56. The molecule has 0 spiro atoms. The number of fused-ring (bicyclic) bond motifs is 1. The first kappa shape index (κ1) is 22.8. The summed E-state index contributed by atoms with van der Waals surface area (Å²) in [5, 5.41) is 4.08. The molecule has 1 aromatic heterocycles. The number of benzene rings is 1. The molecule has 0 saturated carbocycles. The van der Waals surface area contributed by atoms with Gasteiger partial charge in [0.1, 0.15) is 11.5 Å². The Labute approximate surface area is 195 Å². The van der Waals surface area contributed by atoms with Crippen molar-refractivity contribution in [2.24, 2.45) is 0 Å². The van der Waals surface area contributed by atoms with Crippen molar-refractivity contribution in [2.45, 2.75) is 51.7 Å². The van der Waals surface area contributed by atoms with Gasteiger partial charge in [0.15, 0.2) is 0 Å². The fourth-order valence-electron chi connectivity index (χ4n) is 4.52. The van der Waals surface area contributed by atoms with Crippen LogP contribution in [0.25, 0.3) is 0 Å². The smallest absolute Gasteiger partial charge is 0.273 e. The predicted molar refractivity (Wildman–Crippen MR) is 130 cm³/mol. The summed E-state index contributed by atoms with van der Waals surface area (Å²) in [5.74, 6) is 1.45. The summed E-state index contributed by atoms with van der Waals surface area (Å²) in [5.41, 5.74) is 2.78. The normalized spacial score (nSPS) is 18.2. The lowest BCUT2D eigenvalue weighted by Gasteiger charge is -2.28. The third kappa shape index (κ3) is 4.84. The van der Waals surface area contributed by atoms with Crippen LogP contribution in [0.3, 0.4) is 0 Å². The molecule has 1 unspecified atom stereocenters. The molecule has 1 amide bonds. The minimum atomic E-state index is 0.00255. The molecule has 2 aliphatic heterocycles. The monoisotopic (exact) mass is 456 g/mol. The molecular formula is C24H33ClN6O. The lowest BCUT2D eigenvalue weighted by molar-refractivity contribution is 0.0726. The summed E-state index contributed by atoms with van der Waals surface area (Å²) >= 11 is 6.07. The molecule has 0 radical (unpaired) electrons.